The van der Waals surface area contributed by atoms with E-state index in [1.165, 1.54) is 22.4 Å². The number of thiophene rings is 1. The molecule has 0 saturated heterocycles. The SMILES string of the molecule is CCC(C)OC(=O)c1c(NC(=O)C(C)n2ncc(Cl)c2C)sc2c1CCCC2. The number of hydrogen-bond donors (Lipinski definition) is 1. The van der Waals surface area contributed by atoms with Crippen LogP contribution < -0.4 is 5.32 Å². The zero-order chi connectivity index (χ0) is 20.4. The molecule has 3 rings (SSSR count). The number of carbonyl (C=O) groups is 2. The van der Waals surface area contributed by atoms with Gasteiger partial charge < -0.3 is 10.1 Å². The maximum atomic E-state index is 12.9. The van der Waals surface area contributed by atoms with E-state index in [1.807, 2.05) is 20.8 Å². The second kappa shape index (κ2) is 8.66. The van der Waals surface area contributed by atoms with Crippen molar-refractivity contribution in [2.45, 2.75) is 71.9 Å². The molecule has 2 unspecified atom stereocenters. The molecule has 2 aromatic rings. The largest absolute Gasteiger partial charge is 0.459 e. The van der Waals surface area contributed by atoms with Gasteiger partial charge in [0.1, 0.15) is 11.0 Å². The van der Waals surface area contributed by atoms with Gasteiger partial charge in [-0.2, -0.15) is 5.10 Å². The molecule has 2 atom stereocenters. The van der Waals surface area contributed by atoms with E-state index in [-0.39, 0.29) is 18.0 Å². The van der Waals surface area contributed by atoms with Crippen molar-refractivity contribution in [3.8, 4) is 0 Å². The van der Waals surface area contributed by atoms with Crippen LogP contribution in [0.15, 0.2) is 6.20 Å². The Hall–Kier alpha value is -1.86. The quantitative estimate of drug-likeness (QED) is 0.668. The number of ether oxygens (including phenoxy) is 1. The second-order valence-electron chi connectivity index (χ2n) is 7.23. The average molecular weight is 424 g/mol. The summed E-state index contributed by atoms with van der Waals surface area (Å²) in [6.07, 6.45) is 6.03. The van der Waals surface area contributed by atoms with Gasteiger partial charge >= 0.3 is 5.97 Å². The van der Waals surface area contributed by atoms with Crippen LogP contribution in [-0.2, 0) is 22.4 Å². The summed E-state index contributed by atoms with van der Waals surface area (Å²) >= 11 is 7.55. The third-order valence-corrected chi connectivity index (χ3v) is 6.80. The van der Waals surface area contributed by atoms with Crippen molar-refractivity contribution in [2.75, 3.05) is 5.32 Å². The Morgan fingerprint density at radius 3 is 2.71 bits per heavy atom. The predicted octanol–water partition coefficient (Wildman–Crippen LogP) is 4.94. The summed E-state index contributed by atoms with van der Waals surface area (Å²) in [5.74, 6) is -0.589. The van der Waals surface area contributed by atoms with Crippen molar-refractivity contribution < 1.29 is 14.3 Å². The zero-order valence-electron chi connectivity index (χ0n) is 16.7. The molecule has 0 aliphatic heterocycles. The molecular formula is C20H26ClN3O3S. The maximum absolute atomic E-state index is 12.9. The summed E-state index contributed by atoms with van der Waals surface area (Å²) in [5.41, 5.74) is 2.28. The number of aryl methyl sites for hydroxylation is 1. The van der Waals surface area contributed by atoms with E-state index < -0.39 is 6.04 Å². The Labute approximate surface area is 174 Å². The van der Waals surface area contributed by atoms with Crippen LogP contribution in [0.25, 0.3) is 0 Å². The highest BCUT2D eigenvalue weighted by molar-refractivity contribution is 7.17. The molecule has 152 valence electrons. The summed E-state index contributed by atoms with van der Waals surface area (Å²) in [4.78, 5) is 26.9. The number of halogens is 1. The molecule has 0 bridgehead atoms. The fourth-order valence-corrected chi connectivity index (χ4v) is 4.73. The molecule has 0 radical (unpaired) electrons. The van der Waals surface area contributed by atoms with Gasteiger partial charge in [0.25, 0.3) is 0 Å². The number of aromatic nitrogens is 2. The molecule has 0 fully saturated rings. The van der Waals surface area contributed by atoms with Crippen molar-refractivity contribution >= 4 is 39.8 Å². The smallest absolute Gasteiger partial charge is 0.341 e. The van der Waals surface area contributed by atoms with E-state index in [9.17, 15) is 9.59 Å². The van der Waals surface area contributed by atoms with Crippen LogP contribution in [0.2, 0.25) is 5.02 Å². The minimum atomic E-state index is -0.551. The van der Waals surface area contributed by atoms with Gasteiger partial charge in [0.2, 0.25) is 5.91 Å². The van der Waals surface area contributed by atoms with Crippen LogP contribution in [0, 0.1) is 6.92 Å². The number of anilines is 1. The van der Waals surface area contributed by atoms with E-state index in [4.69, 9.17) is 16.3 Å². The molecule has 0 spiro atoms. The number of nitrogens with zero attached hydrogens (tertiary/aromatic N) is 2. The fraction of sp³-hybridized carbons (Fsp3) is 0.550. The Kier molecular flexibility index (Phi) is 6.45. The summed E-state index contributed by atoms with van der Waals surface area (Å²) in [7, 11) is 0. The molecule has 0 saturated carbocycles. The van der Waals surface area contributed by atoms with Gasteiger partial charge in [-0.3, -0.25) is 9.48 Å². The van der Waals surface area contributed by atoms with Gasteiger partial charge in [0.15, 0.2) is 0 Å². The maximum Gasteiger partial charge on any atom is 0.341 e. The lowest BCUT2D eigenvalue weighted by molar-refractivity contribution is -0.119. The van der Waals surface area contributed by atoms with E-state index in [0.717, 1.165) is 43.4 Å². The molecule has 1 amide bonds. The lowest BCUT2D eigenvalue weighted by Gasteiger charge is -2.16. The topological polar surface area (TPSA) is 73.2 Å². The highest BCUT2D eigenvalue weighted by Crippen LogP contribution is 2.39. The lowest BCUT2D eigenvalue weighted by atomic mass is 9.95. The number of rotatable bonds is 6. The first kappa shape index (κ1) is 20.9. The Morgan fingerprint density at radius 2 is 2.07 bits per heavy atom. The van der Waals surface area contributed by atoms with Crippen LogP contribution in [0.5, 0.6) is 0 Å². The number of hydrogen-bond acceptors (Lipinski definition) is 5. The van der Waals surface area contributed by atoms with E-state index in [2.05, 4.69) is 10.4 Å². The molecule has 1 N–H and O–H groups in total. The molecule has 0 aromatic carbocycles. The van der Waals surface area contributed by atoms with Crippen LogP contribution >= 0.6 is 22.9 Å². The Morgan fingerprint density at radius 1 is 1.36 bits per heavy atom. The molecule has 1 aliphatic carbocycles. The molecule has 2 heterocycles. The standard InChI is InChI=1S/C20H26ClN3O3S/c1-5-11(2)27-20(26)17-14-8-6-7-9-16(14)28-19(17)23-18(25)13(4)24-12(3)15(21)10-22-24/h10-11,13H,5-9H2,1-4H3,(H,23,25). The predicted molar refractivity (Wildman–Crippen MR) is 111 cm³/mol. The number of esters is 1. The Bertz CT molecular complexity index is 890. The molecule has 1 aliphatic rings. The van der Waals surface area contributed by atoms with Crippen LogP contribution in [0.4, 0.5) is 5.00 Å². The van der Waals surface area contributed by atoms with Gasteiger partial charge in [-0.15, -0.1) is 11.3 Å². The van der Waals surface area contributed by atoms with E-state index in [0.29, 0.717) is 15.6 Å². The highest BCUT2D eigenvalue weighted by Gasteiger charge is 2.29. The highest BCUT2D eigenvalue weighted by atomic mass is 35.5. The van der Waals surface area contributed by atoms with Gasteiger partial charge in [-0.1, -0.05) is 18.5 Å². The van der Waals surface area contributed by atoms with Crippen molar-refractivity contribution in [3.05, 3.63) is 32.9 Å². The fourth-order valence-electron chi connectivity index (χ4n) is 3.32. The lowest BCUT2D eigenvalue weighted by Crippen LogP contribution is -2.26. The van der Waals surface area contributed by atoms with Crippen LogP contribution in [0.3, 0.4) is 0 Å². The van der Waals surface area contributed by atoms with Crippen molar-refractivity contribution in [2.24, 2.45) is 0 Å². The molecule has 8 heteroatoms. The summed E-state index contributed by atoms with van der Waals surface area (Å²) in [6.45, 7) is 7.43. The van der Waals surface area contributed by atoms with E-state index >= 15 is 0 Å². The van der Waals surface area contributed by atoms with Crippen LogP contribution in [-0.4, -0.2) is 27.8 Å². The van der Waals surface area contributed by atoms with Crippen molar-refractivity contribution in [3.63, 3.8) is 0 Å². The molecule has 6 nitrogen and oxygen atoms in total. The number of nitrogens with one attached hydrogen (secondary N) is 1. The minimum absolute atomic E-state index is 0.164. The van der Waals surface area contributed by atoms with E-state index in [1.54, 1.807) is 11.6 Å². The zero-order valence-corrected chi connectivity index (χ0v) is 18.2. The first-order chi connectivity index (χ1) is 13.3. The van der Waals surface area contributed by atoms with Gasteiger partial charge in [-0.05, 0) is 58.4 Å². The molecule has 2 aromatic heterocycles. The molecule has 28 heavy (non-hydrogen) atoms. The summed E-state index contributed by atoms with van der Waals surface area (Å²) in [5, 5.41) is 8.23. The average Bonchev–Trinajstić information content (AvgIpc) is 3.20. The van der Waals surface area contributed by atoms with Gasteiger partial charge in [0.05, 0.1) is 28.6 Å². The Balaban J connectivity index is 1.88. The first-order valence-electron chi connectivity index (χ1n) is 9.69. The molecular weight excluding hydrogens is 398 g/mol. The third-order valence-electron chi connectivity index (χ3n) is 5.23. The second-order valence-corrected chi connectivity index (χ2v) is 8.74. The van der Waals surface area contributed by atoms with Crippen molar-refractivity contribution in [1.82, 2.24) is 9.78 Å². The normalized spacial score (nSPS) is 15.6. The first-order valence-corrected chi connectivity index (χ1v) is 10.9. The van der Waals surface area contributed by atoms with Crippen molar-refractivity contribution in [1.29, 1.82) is 0 Å². The number of fused-ring (bicyclic) bond motifs is 1. The minimum Gasteiger partial charge on any atom is -0.459 e. The summed E-state index contributed by atoms with van der Waals surface area (Å²) in [6, 6.07) is -0.551. The van der Waals surface area contributed by atoms with Gasteiger partial charge in [-0.25, -0.2) is 4.79 Å². The third kappa shape index (κ3) is 4.10. The van der Waals surface area contributed by atoms with Crippen LogP contribution in [0.1, 0.15) is 72.6 Å². The number of carbonyl (C=O) groups excluding carboxylic acids is 2. The van der Waals surface area contributed by atoms with Gasteiger partial charge in [0, 0.05) is 4.88 Å². The number of amides is 1. The monoisotopic (exact) mass is 423 g/mol. The summed E-state index contributed by atoms with van der Waals surface area (Å²) < 4.78 is 7.17.